The van der Waals surface area contributed by atoms with E-state index in [1.165, 1.54) is 11.1 Å². The summed E-state index contributed by atoms with van der Waals surface area (Å²) in [6, 6.07) is 4.11. The molecule has 6 nitrogen and oxygen atoms in total. The molecule has 0 atom stereocenters. The fourth-order valence-electron chi connectivity index (χ4n) is 3.18. The SMILES string of the molecule is COP(OC)Oc1cc2c(cc1OP(OC)OC)C(C)(C)CCC2(C)C. The van der Waals surface area contributed by atoms with E-state index >= 15 is 0 Å². The summed E-state index contributed by atoms with van der Waals surface area (Å²) in [6.45, 7) is 9.05. The zero-order valence-electron chi connectivity index (χ0n) is 16.9. The maximum absolute atomic E-state index is 5.96. The van der Waals surface area contributed by atoms with E-state index in [-0.39, 0.29) is 10.8 Å². The minimum atomic E-state index is -1.50. The summed E-state index contributed by atoms with van der Waals surface area (Å²) >= 11 is 0. The summed E-state index contributed by atoms with van der Waals surface area (Å²) in [7, 11) is 3.21. The van der Waals surface area contributed by atoms with Crippen molar-refractivity contribution in [2.45, 2.75) is 51.4 Å². The summed E-state index contributed by atoms with van der Waals surface area (Å²) in [4.78, 5) is 0. The predicted molar refractivity (Wildman–Crippen MR) is 105 cm³/mol. The highest BCUT2D eigenvalue weighted by Gasteiger charge is 2.39. The highest BCUT2D eigenvalue weighted by Crippen LogP contribution is 2.53. The van der Waals surface area contributed by atoms with Gasteiger partial charge in [0.2, 0.25) is 0 Å². The molecule has 0 aliphatic heterocycles. The van der Waals surface area contributed by atoms with E-state index in [2.05, 4.69) is 39.8 Å². The van der Waals surface area contributed by atoms with Gasteiger partial charge in [-0.25, -0.2) is 0 Å². The third kappa shape index (κ3) is 4.67. The van der Waals surface area contributed by atoms with E-state index < -0.39 is 17.2 Å². The Hall–Kier alpha value is -0.480. The largest absolute Gasteiger partial charge is 0.423 e. The van der Waals surface area contributed by atoms with Crippen LogP contribution < -0.4 is 9.05 Å². The first-order chi connectivity index (χ1) is 12.2. The molecule has 8 heteroatoms. The average molecular weight is 404 g/mol. The van der Waals surface area contributed by atoms with Crippen LogP contribution >= 0.6 is 17.2 Å². The van der Waals surface area contributed by atoms with E-state index in [4.69, 9.17) is 27.1 Å². The van der Waals surface area contributed by atoms with Gasteiger partial charge in [-0.2, -0.15) is 0 Å². The molecule has 1 aliphatic rings. The minimum absolute atomic E-state index is 0.0532. The van der Waals surface area contributed by atoms with E-state index in [0.717, 1.165) is 12.8 Å². The van der Waals surface area contributed by atoms with Crippen molar-refractivity contribution < 1.29 is 27.1 Å². The maximum Gasteiger partial charge on any atom is 0.396 e. The topological polar surface area (TPSA) is 55.4 Å². The van der Waals surface area contributed by atoms with Gasteiger partial charge in [0.05, 0.1) is 0 Å². The number of hydrogen-bond acceptors (Lipinski definition) is 6. The molecule has 0 amide bonds. The Morgan fingerprint density at radius 3 is 1.23 bits per heavy atom. The summed E-state index contributed by atoms with van der Waals surface area (Å²) in [5, 5.41) is 0. The second kappa shape index (κ2) is 8.68. The Kier molecular flexibility index (Phi) is 7.29. The molecule has 0 N–H and O–H groups in total. The van der Waals surface area contributed by atoms with Crippen molar-refractivity contribution in [1.29, 1.82) is 0 Å². The van der Waals surface area contributed by atoms with E-state index in [0.29, 0.717) is 11.5 Å². The van der Waals surface area contributed by atoms with E-state index in [1.54, 1.807) is 28.4 Å². The van der Waals surface area contributed by atoms with Gasteiger partial charge in [0.15, 0.2) is 11.5 Å². The van der Waals surface area contributed by atoms with Crippen molar-refractivity contribution in [3.63, 3.8) is 0 Å². The fourth-order valence-corrected chi connectivity index (χ4v) is 4.38. The first kappa shape index (κ1) is 21.8. The van der Waals surface area contributed by atoms with Crippen molar-refractivity contribution >= 4 is 17.2 Å². The molecule has 0 heterocycles. The quantitative estimate of drug-likeness (QED) is 0.508. The molecule has 0 spiro atoms. The first-order valence-electron chi connectivity index (χ1n) is 8.50. The van der Waals surface area contributed by atoms with Crippen LogP contribution in [0.25, 0.3) is 0 Å². The number of fused-ring (bicyclic) bond motifs is 1. The molecular formula is C18H30O6P2. The average Bonchev–Trinajstić information content (AvgIpc) is 2.61. The smallest absolute Gasteiger partial charge is 0.396 e. The van der Waals surface area contributed by atoms with Crippen molar-refractivity contribution in [3.05, 3.63) is 23.3 Å². The Labute approximate surface area is 159 Å². The van der Waals surface area contributed by atoms with Crippen LogP contribution in [-0.2, 0) is 28.9 Å². The lowest BCUT2D eigenvalue weighted by Crippen LogP contribution is -2.33. The zero-order valence-corrected chi connectivity index (χ0v) is 18.7. The van der Waals surface area contributed by atoms with Gasteiger partial charge in [0.25, 0.3) is 0 Å². The fraction of sp³-hybridized carbons (Fsp3) is 0.667. The molecule has 26 heavy (non-hydrogen) atoms. The lowest BCUT2D eigenvalue weighted by molar-refractivity contribution is 0.261. The number of rotatable bonds is 8. The number of benzene rings is 1. The van der Waals surface area contributed by atoms with Crippen LogP contribution in [0.1, 0.15) is 51.7 Å². The highest BCUT2D eigenvalue weighted by molar-refractivity contribution is 7.42. The van der Waals surface area contributed by atoms with Crippen molar-refractivity contribution in [1.82, 2.24) is 0 Å². The molecule has 0 bridgehead atoms. The summed E-state index contributed by atoms with van der Waals surface area (Å²) < 4.78 is 33.0. The van der Waals surface area contributed by atoms with Crippen molar-refractivity contribution in [2.24, 2.45) is 0 Å². The molecule has 0 radical (unpaired) electrons. The second-order valence-corrected chi connectivity index (χ2v) is 10.2. The molecule has 2 rings (SSSR count). The van der Waals surface area contributed by atoms with Gasteiger partial charge >= 0.3 is 17.2 Å². The van der Waals surface area contributed by atoms with E-state index in [1.807, 2.05) is 0 Å². The zero-order chi connectivity index (χ0) is 19.5. The van der Waals surface area contributed by atoms with Gasteiger partial charge in [0.1, 0.15) is 0 Å². The molecule has 1 aliphatic carbocycles. The Morgan fingerprint density at radius 1 is 0.654 bits per heavy atom. The third-order valence-electron chi connectivity index (χ3n) is 4.86. The maximum atomic E-state index is 5.96. The summed E-state index contributed by atoms with van der Waals surface area (Å²) in [6.07, 6.45) is 2.22. The summed E-state index contributed by atoms with van der Waals surface area (Å²) in [5.41, 5.74) is 2.63. The molecular weight excluding hydrogens is 374 g/mol. The Balaban J connectivity index is 2.56. The van der Waals surface area contributed by atoms with Gasteiger partial charge in [-0.3, -0.25) is 0 Å². The van der Waals surface area contributed by atoms with Gasteiger partial charge in [-0.15, -0.1) is 0 Å². The monoisotopic (exact) mass is 404 g/mol. The van der Waals surface area contributed by atoms with Crippen LogP contribution in [0, 0.1) is 0 Å². The Bertz CT molecular complexity index is 559. The molecule has 1 aromatic rings. The van der Waals surface area contributed by atoms with Gasteiger partial charge in [0, 0.05) is 28.4 Å². The van der Waals surface area contributed by atoms with Crippen LogP contribution in [0.2, 0.25) is 0 Å². The molecule has 0 fully saturated rings. The van der Waals surface area contributed by atoms with Gasteiger partial charge in [-0.05, 0) is 46.9 Å². The standard InChI is InChI=1S/C18H30O6P2/c1-17(2)9-10-18(3,4)14-12-16(24-26(21-7)22-8)15(11-13(14)17)23-25(19-5)20-6/h11-12H,9-10H2,1-8H3. The normalized spacial score (nSPS) is 18.1. The van der Waals surface area contributed by atoms with Crippen LogP contribution in [0.15, 0.2) is 12.1 Å². The van der Waals surface area contributed by atoms with E-state index in [9.17, 15) is 0 Å². The van der Waals surface area contributed by atoms with Crippen LogP contribution in [0.4, 0.5) is 0 Å². The van der Waals surface area contributed by atoms with Crippen LogP contribution in [-0.4, -0.2) is 28.4 Å². The van der Waals surface area contributed by atoms with Gasteiger partial charge < -0.3 is 27.1 Å². The van der Waals surface area contributed by atoms with Crippen molar-refractivity contribution in [2.75, 3.05) is 28.4 Å². The molecule has 1 aromatic carbocycles. The molecule has 0 saturated heterocycles. The minimum Gasteiger partial charge on any atom is -0.423 e. The predicted octanol–water partition coefficient (Wildman–Crippen LogP) is 5.83. The highest BCUT2D eigenvalue weighted by atomic mass is 31.2. The Morgan fingerprint density at radius 2 is 0.962 bits per heavy atom. The molecule has 0 unspecified atom stereocenters. The lowest BCUT2D eigenvalue weighted by Gasteiger charge is -2.42. The van der Waals surface area contributed by atoms with Crippen LogP contribution in [0.5, 0.6) is 11.5 Å². The van der Waals surface area contributed by atoms with Crippen molar-refractivity contribution in [3.8, 4) is 11.5 Å². The second-order valence-electron chi connectivity index (χ2n) is 7.47. The molecule has 148 valence electrons. The lowest BCUT2D eigenvalue weighted by atomic mass is 9.63. The molecule has 0 saturated carbocycles. The third-order valence-corrected chi connectivity index (χ3v) is 6.74. The number of hydrogen-bond donors (Lipinski definition) is 0. The van der Waals surface area contributed by atoms with Gasteiger partial charge in [-0.1, -0.05) is 27.7 Å². The summed E-state index contributed by atoms with van der Waals surface area (Å²) in [5.74, 6) is 1.15. The first-order valence-corrected chi connectivity index (χ1v) is 10.7. The van der Waals surface area contributed by atoms with Crippen LogP contribution in [0.3, 0.4) is 0 Å². The molecule has 0 aromatic heterocycles.